The maximum Gasteiger partial charge on any atom is 0.293 e. The highest BCUT2D eigenvalue weighted by Gasteiger charge is 2.35. The fraction of sp³-hybridized carbons (Fsp3) is 0.148. The Morgan fingerprint density at radius 3 is 2.59 bits per heavy atom. The first kappa shape index (κ1) is 27.2. The number of benzene rings is 3. The molecule has 3 amide bonds. The second-order valence-corrected chi connectivity index (χ2v) is 11.2. The average Bonchev–Trinajstić information content (AvgIpc) is 3.11. The van der Waals surface area contributed by atoms with Gasteiger partial charge in [0.05, 0.1) is 23.0 Å². The third-order valence-corrected chi connectivity index (χ3v) is 7.54. The van der Waals surface area contributed by atoms with E-state index < -0.39 is 0 Å². The molecule has 4 rings (SSSR count). The molecule has 3 aromatic rings. The Hall–Kier alpha value is -2.83. The van der Waals surface area contributed by atoms with Gasteiger partial charge >= 0.3 is 0 Å². The number of hydrogen-bond acceptors (Lipinski definition) is 6. The Kier molecular flexibility index (Phi) is 8.93. The quantitative estimate of drug-likeness (QED) is 0.211. The van der Waals surface area contributed by atoms with Crippen LogP contribution < -0.4 is 14.8 Å². The average molecular weight is 693 g/mol. The summed E-state index contributed by atoms with van der Waals surface area (Å²) in [5.41, 5.74) is 3.23. The fourth-order valence-electron chi connectivity index (χ4n) is 3.58. The molecule has 10 heteroatoms. The number of carbonyl (C=O) groups is 3. The Morgan fingerprint density at radius 2 is 1.89 bits per heavy atom. The predicted molar refractivity (Wildman–Crippen MR) is 157 cm³/mol. The number of anilines is 1. The van der Waals surface area contributed by atoms with E-state index >= 15 is 0 Å². The van der Waals surface area contributed by atoms with Crippen molar-refractivity contribution in [1.29, 1.82) is 0 Å². The van der Waals surface area contributed by atoms with Crippen LogP contribution in [-0.4, -0.2) is 35.7 Å². The molecule has 1 aliphatic heterocycles. The number of imide groups is 1. The highest BCUT2D eigenvalue weighted by atomic mass is 127. The molecule has 1 aliphatic rings. The van der Waals surface area contributed by atoms with Gasteiger partial charge in [0.2, 0.25) is 0 Å². The number of aryl methyl sites for hydroxylation is 1. The van der Waals surface area contributed by atoms with Crippen molar-refractivity contribution in [3.8, 4) is 11.5 Å². The first-order valence-electron chi connectivity index (χ1n) is 11.1. The lowest BCUT2D eigenvalue weighted by atomic mass is 10.1. The minimum Gasteiger partial charge on any atom is -0.493 e. The minimum absolute atomic E-state index is 0.212. The monoisotopic (exact) mass is 692 g/mol. The summed E-state index contributed by atoms with van der Waals surface area (Å²) in [6, 6.07) is 18.6. The number of carbonyl (C=O) groups excluding carboxylic acids is 3. The molecule has 0 atom stereocenters. The van der Waals surface area contributed by atoms with Gasteiger partial charge in [0, 0.05) is 9.26 Å². The Labute approximate surface area is 240 Å². The van der Waals surface area contributed by atoms with E-state index in [0.717, 1.165) is 26.5 Å². The van der Waals surface area contributed by atoms with Crippen LogP contribution in [0.3, 0.4) is 0 Å². The van der Waals surface area contributed by atoms with Gasteiger partial charge in [-0.15, -0.1) is 0 Å². The molecule has 1 heterocycles. The molecule has 1 N–H and O–H groups in total. The van der Waals surface area contributed by atoms with E-state index in [9.17, 15) is 14.4 Å². The van der Waals surface area contributed by atoms with Gasteiger partial charge in [0.25, 0.3) is 17.1 Å². The number of thioether (sulfide) groups is 1. The van der Waals surface area contributed by atoms with Gasteiger partial charge in [0.15, 0.2) is 18.1 Å². The van der Waals surface area contributed by atoms with Crippen molar-refractivity contribution in [2.45, 2.75) is 13.5 Å². The van der Waals surface area contributed by atoms with Crippen molar-refractivity contribution in [2.24, 2.45) is 0 Å². The first-order chi connectivity index (χ1) is 17.7. The fourth-order valence-corrected chi connectivity index (χ4v) is 5.35. The van der Waals surface area contributed by atoms with Gasteiger partial charge in [-0.25, -0.2) is 0 Å². The van der Waals surface area contributed by atoms with E-state index in [0.29, 0.717) is 32.1 Å². The van der Waals surface area contributed by atoms with E-state index in [1.165, 1.54) is 12.0 Å². The lowest BCUT2D eigenvalue weighted by molar-refractivity contribution is -0.123. The van der Waals surface area contributed by atoms with Crippen LogP contribution in [0.1, 0.15) is 16.7 Å². The standard InChI is InChI=1S/C27H22BrIN2O5S/c1-16-4-3-5-20(10-16)30-24(32)15-36-25-21(28)11-18(12-22(25)35-2)13-23-26(33)31(27(34)37-23)14-17-6-8-19(29)9-7-17/h3-13H,14-15H2,1-2H3,(H,30,32)/b23-13-. The largest absolute Gasteiger partial charge is 0.493 e. The molecule has 0 unspecified atom stereocenters. The Balaban J connectivity index is 1.46. The number of rotatable bonds is 8. The van der Waals surface area contributed by atoms with E-state index in [1.807, 2.05) is 49.4 Å². The molecule has 0 aromatic heterocycles. The molecule has 7 nitrogen and oxygen atoms in total. The zero-order valence-electron chi connectivity index (χ0n) is 19.9. The summed E-state index contributed by atoms with van der Waals surface area (Å²) in [4.78, 5) is 39.4. The SMILES string of the molecule is COc1cc(/C=C2\SC(=O)N(Cc3ccc(I)cc3)C2=O)cc(Br)c1OCC(=O)Nc1cccc(C)c1. The number of halogens is 2. The molecular formula is C27H22BrIN2O5S. The van der Waals surface area contributed by atoms with E-state index in [4.69, 9.17) is 9.47 Å². The Morgan fingerprint density at radius 1 is 1.14 bits per heavy atom. The van der Waals surface area contributed by atoms with E-state index in [2.05, 4.69) is 43.8 Å². The number of methoxy groups -OCH3 is 1. The van der Waals surface area contributed by atoms with Crippen LogP contribution in [0.4, 0.5) is 10.5 Å². The van der Waals surface area contributed by atoms with E-state index in [1.54, 1.807) is 24.3 Å². The molecule has 0 bridgehead atoms. The maximum atomic E-state index is 12.9. The summed E-state index contributed by atoms with van der Waals surface area (Å²) in [6.07, 6.45) is 1.64. The molecule has 37 heavy (non-hydrogen) atoms. The number of ether oxygens (including phenoxy) is 2. The highest BCUT2D eigenvalue weighted by molar-refractivity contribution is 14.1. The number of nitrogens with zero attached hydrogens (tertiary/aromatic N) is 1. The van der Waals surface area contributed by atoms with Gasteiger partial charge in [-0.2, -0.15) is 0 Å². The molecule has 0 spiro atoms. The van der Waals surface area contributed by atoms with Crippen molar-refractivity contribution in [1.82, 2.24) is 4.90 Å². The van der Waals surface area contributed by atoms with Crippen LogP contribution in [0.2, 0.25) is 0 Å². The third-order valence-electron chi connectivity index (χ3n) is 5.33. The normalized spacial score (nSPS) is 14.3. The van der Waals surface area contributed by atoms with Crippen LogP contribution in [0.15, 0.2) is 70.0 Å². The second-order valence-electron chi connectivity index (χ2n) is 8.13. The first-order valence-corrected chi connectivity index (χ1v) is 13.8. The van der Waals surface area contributed by atoms with Crippen LogP contribution in [-0.2, 0) is 16.1 Å². The van der Waals surface area contributed by atoms with Crippen LogP contribution >= 0.6 is 50.3 Å². The predicted octanol–water partition coefficient (Wildman–Crippen LogP) is 6.62. The minimum atomic E-state index is -0.350. The van der Waals surface area contributed by atoms with Gasteiger partial charge < -0.3 is 14.8 Å². The molecular weight excluding hydrogens is 671 g/mol. The number of amides is 3. The van der Waals surface area contributed by atoms with Crippen molar-refractivity contribution >= 4 is 79.1 Å². The molecule has 1 fully saturated rings. The maximum absolute atomic E-state index is 12.9. The molecule has 1 saturated heterocycles. The summed E-state index contributed by atoms with van der Waals surface area (Å²) in [5, 5.41) is 2.48. The summed E-state index contributed by atoms with van der Waals surface area (Å²) < 4.78 is 12.8. The highest BCUT2D eigenvalue weighted by Crippen LogP contribution is 2.39. The summed E-state index contributed by atoms with van der Waals surface area (Å²) >= 11 is 6.57. The van der Waals surface area contributed by atoms with Crippen molar-refractivity contribution in [2.75, 3.05) is 19.0 Å². The second kappa shape index (κ2) is 12.1. The third kappa shape index (κ3) is 6.93. The molecule has 0 aliphatic carbocycles. The van der Waals surface area contributed by atoms with Crippen molar-refractivity contribution in [3.63, 3.8) is 0 Å². The van der Waals surface area contributed by atoms with Crippen molar-refractivity contribution < 1.29 is 23.9 Å². The van der Waals surface area contributed by atoms with Crippen molar-refractivity contribution in [3.05, 3.63) is 90.3 Å². The molecule has 3 aromatic carbocycles. The van der Waals surface area contributed by atoms with Crippen LogP contribution in [0, 0.1) is 10.5 Å². The smallest absolute Gasteiger partial charge is 0.293 e. The van der Waals surface area contributed by atoms with Gasteiger partial charge in [-0.05, 0) is 116 Å². The van der Waals surface area contributed by atoms with Crippen LogP contribution in [0.25, 0.3) is 6.08 Å². The summed E-state index contributed by atoms with van der Waals surface area (Å²) in [5.74, 6) is 0.0650. The van der Waals surface area contributed by atoms with Gasteiger partial charge in [-0.3, -0.25) is 19.3 Å². The number of hydrogen-bond donors (Lipinski definition) is 1. The molecule has 190 valence electrons. The summed E-state index contributed by atoms with van der Waals surface area (Å²) in [7, 11) is 1.49. The number of nitrogens with one attached hydrogen (secondary N) is 1. The molecule has 0 radical (unpaired) electrons. The lowest BCUT2D eigenvalue weighted by Gasteiger charge is -2.14. The van der Waals surface area contributed by atoms with E-state index in [-0.39, 0.29) is 30.2 Å². The van der Waals surface area contributed by atoms with Gasteiger partial charge in [0.1, 0.15) is 0 Å². The topological polar surface area (TPSA) is 84.9 Å². The Bertz CT molecular complexity index is 1390. The lowest BCUT2D eigenvalue weighted by Crippen LogP contribution is -2.27. The zero-order valence-corrected chi connectivity index (χ0v) is 24.5. The van der Waals surface area contributed by atoms with Crippen LogP contribution in [0.5, 0.6) is 11.5 Å². The molecule has 0 saturated carbocycles. The summed E-state index contributed by atoms with van der Waals surface area (Å²) in [6.45, 7) is 1.93. The zero-order chi connectivity index (χ0) is 26.5. The van der Waals surface area contributed by atoms with Gasteiger partial charge in [-0.1, -0.05) is 24.3 Å².